The zero-order chi connectivity index (χ0) is 53.6. The first kappa shape index (κ1) is 72.6. The third-order valence-corrected chi connectivity index (χ3v) is 16.1. The van der Waals surface area contributed by atoms with Gasteiger partial charge in [-0.15, -0.1) is 0 Å². The number of ether oxygens (including phenoxy) is 1. The summed E-state index contributed by atoms with van der Waals surface area (Å²) < 4.78 is 5.49. The summed E-state index contributed by atoms with van der Waals surface area (Å²) in [5.41, 5.74) is 0. The molecule has 2 unspecified atom stereocenters. The smallest absolute Gasteiger partial charge is 0.305 e. The summed E-state index contributed by atoms with van der Waals surface area (Å²) in [5, 5.41) is 23.4. The number of aliphatic hydroxyl groups excluding tert-OH is 2. The van der Waals surface area contributed by atoms with Crippen LogP contribution in [0.25, 0.3) is 0 Å². The molecular weight excluding hydrogens is 911 g/mol. The monoisotopic (exact) mass is 1040 g/mol. The topological polar surface area (TPSA) is 95.9 Å². The molecule has 0 fully saturated rings. The second kappa shape index (κ2) is 64.1. The van der Waals surface area contributed by atoms with Gasteiger partial charge in [-0.3, -0.25) is 9.59 Å². The maximum atomic E-state index is 12.5. The lowest BCUT2D eigenvalue weighted by Gasteiger charge is -2.22. The molecule has 0 aliphatic rings. The van der Waals surface area contributed by atoms with Crippen LogP contribution in [0.5, 0.6) is 0 Å². The van der Waals surface area contributed by atoms with Gasteiger partial charge in [0.1, 0.15) is 0 Å². The van der Waals surface area contributed by atoms with E-state index in [0.29, 0.717) is 25.9 Å². The molecule has 74 heavy (non-hydrogen) atoms. The van der Waals surface area contributed by atoms with E-state index in [4.69, 9.17) is 4.74 Å². The Morgan fingerprint density at radius 1 is 0.365 bits per heavy atom. The first-order chi connectivity index (χ1) is 36.5. The molecule has 0 aromatic heterocycles. The minimum Gasteiger partial charge on any atom is -0.466 e. The molecule has 0 spiro atoms. The quantitative estimate of drug-likeness (QED) is 0.0320. The van der Waals surface area contributed by atoms with Crippen LogP contribution in [0, 0.1) is 0 Å². The fourth-order valence-corrected chi connectivity index (χ4v) is 10.9. The number of aliphatic hydroxyl groups is 2. The first-order valence-electron chi connectivity index (χ1n) is 33.9. The molecule has 2 atom stereocenters. The molecule has 0 aliphatic heterocycles. The number of esters is 1. The molecule has 6 nitrogen and oxygen atoms in total. The molecule has 3 N–H and O–H groups in total. The lowest BCUT2D eigenvalue weighted by Crippen LogP contribution is -2.45. The van der Waals surface area contributed by atoms with Crippen LogP contribution in [0.4, 0.5) is 0 Å². The van der Waals surface area contributed by atoms with Crippen molar-refractivity contribution in [2.24, 2.45) is 0 Å². The minimum atomic E-state index is -0.669. The summed E-state index contributed by atoms with van der Waals surface area (Å²) in [5.74, 6) is -0.0360. The number of nitrogens with one attached hydrogen (secondary N) is 1. The highest BCUT2D eigenvalue weighted by molar-refractivity contribution is 5.76. The van der Waals surface area contributed by atoms with Crippen molar-refractivity contribution in [3.63, 3.8) is 0 Å². The Labute approximate surface area is 463 Å². The van der Waals surface area contributed by atoms with E-state index in [0.717, 1.165) is 44.9 Å². The lowest BCUT2D eigenvalue weighted by atomic mass is 10.0. The largest absolute Gasteiger partial charge is 0.466 e. The van der Waals surface area contributed by atoms with Crippen molar-refractivity contribution in [1.82, 2.24) is 5.32 Å². The molecule has 0 aliphatic carbocycles. The van der Waals surface area contributed by atoms with Crippen molar-refractivity contribution in [3.05, 3.63) is 12.2 Å². The standard InChI is InChI=1S/C68H133NO5/c1-3-5-7-9-11-13-15-17-19-21-22-23-24-25-26-27-29-32-36-40-44-48-52-56-60-66(71)65(64-70)69-67(72)61-57-53-49-45-41-37-33-30-28-31-35-39-43-47-51-55-59-63-74-68(73)62-58-54-50-46-42-38-34-20-18-16-14-12-10-8-6-4-2/h20,34,65-66,70-71H,3-19,21-33,35-64H2,1-2H3,(H,69,72)/b34-20-. The number of amides is 1. The van der Waals surface area contributed by atoms with Crippen LogP contribution in [-0.4, -0.2) is 47.4 Å². The zero-order valence-corrected chi connectivity index (χ0v) is 50.4. The number of hydrogen-bond donors (Lipinski definition) is 3. The fourth-order valence-electron chi connectivity index (χ4n) is 10.9. The van der Waals surface area contributed by atoms with E-state index in [1.807, 2.05) is 0 Å². The highest BCUT2D eigenvalue weighted by Crippen LogP contribution is 2.19. The van der Waals surface area contributed by atoms with E-state index in [1.54, 1.807) is 0 Å². The van der Waals surface area contributed by atoms with Crippen molar-refractivity contribution in [1.29, 1.82) is 0 Å². The lowest BCUT2D eigenvalue weighted by molar-refractivity contribution is -0.143. The van der Waals surface area contributed by atoms with Gasteiger partial charge in [-0.25, -0.2) is 0 Å². The van der Waals surface area contributed by atoms with Gasteiger partial charge in [-0.05, 0) is 51.4 Å². The fraction of sp³-hybridized carbons (Fsp3) is 0.941. The Balaban J connectivity index is 3.40. The number of carbonyl (C=O) groups excluding carboxylic acids is 2. The van der Waals surface area contributed by atoms with Crippen LogP contribution in [0.3, 0.4) is 0 Å². The van der Waals surface area contributed by atoms with Crippen molar-refractivity contribution in [3.8, 4) is 0 Å². The second-order valence-electron chi connectivity index (χ2n) is 23.5. The average molecular weight is 1040 g/mol. The predicted octanol–water partition coefficient (Wildman–Crippen LogP) is 21.6. The SMILES string of the molecule is CCCCCCCCC/C=C\CCCCCCCC(=O)OCCCCCCCCCCCCCCCCCCCC(=O)NC(CO)C(O)CCCCCCCCCCCCCCCCCCCCCCCCCC. The van der Waals surface area contributed by atoms with Gasteiger partial charge in [0.05, 0.1) is 25.4 Å². The van der Waals surface area contributed by atoms with Gasteiger partial charge in [-0.2, -0.15) is 0 Å². The average Bonchev–Trinajstić information content (AvgIpc) is 3.40. The normalized spacial score (nSPS) is 12.5. The molecule has 440 valence electrons. The molecule has 0 saturated carbocycles. The van der Waals surface area contributed by atoms with Crippen LogP contribution >= 0.6 is 0 Å². The number of unbranched alkanes of at least 4 members (excludes halogenated alkanes) is 51. The summed E-state index contributed by atoms with van der Waals surface area (Å²) in [7, 11) is 0. The van der Waals surface area contributed by atoms with E-state index in [-0.39, 0.29) is 18.5 Å². The molecule has 0 aromatic rings. The van der Waals surface area contributed by atoms with Crippen molar-refractivity contribution in [2.75, 3.05) is 13.2 Å². The minimum absolute atomic E-state index is 0.000534. The van der Waals surface area contributed by atoms with Crippen molar-refractivity contribution >= 4 is 11.9 Å². The third kappa shape index (κ3) is 59.8. The Morgan fingerprint density at radius 3 is 0.959 bits per heavy atom. The van der Waals surface area contributed by atoms with E-state index >= 15 is 0 Å². The molecule has 6 heteroatoms. The summed E-state index contributed by atoms with van der Waals surface area (Å²) in [6, 6.07) is -0.547. The van der Waals surface area contributed by atoms with E-state index in [9.17, 15) is 19.8 Å². The van der Waals surface area contributed by atoms with Crippen LogP contribution in [-0.2, 0) is 14.3 Å². The van der Waals surface area contributed by atoms with Crippen molar-refractivity contribution in [2.45, 2.75) is 398 Å². The molecule has 0 bridgehead atoms. The maximum Gasteiger partial charge on any atom is 0.305 e. The first-order valence-corrected chi connectivity index (χ1v) is 33.9. The van der Waals surface area contributed by atoms with E-state index < -0.39 is 12.1 Å². The van der Waals surface area contributed by atoms with E-state index in [1.165, 1.54) is 308 Å². The maximum absolute atomic E-state index is 12.5. The van der Waals surface area contributed by atoms with E-state index in [2.05, 4.69) is 31.3 Å². The number of carbonyl (C=O) groups is 2. The summed E-state index contributed by atoms with van der Waals surface area (Å²) >= 11 is 0. The highest BCUT2D eigenvalue weighted by atomic mass is 16.5. The Hall–Kier alpha value is -1.40. The number of hydrogen-bond acceptors (Lipinski definition) is 5. The van der Waals surface area contributed by atoms with Gasteiger partial charge >= 0.3 is 5.97 Å². The van der Waals surface area contributed by atoms with Crippen LogP contribution in [0.2, 0.25) is 0 Å². The van der Waals surface area contributed by atoms with Gasteiger partial charge < -0.3 is 20.3 Å². The predicted molar refractivity (Wildman–Crippen MR) is 324 cm³/mol. The third-order valence-electron chi connectivity index (χ3n) is 16.1. The van der Waals surface area contributed by atoms with Gasteiger partial charge in [0.2, 0.25) is 5.91 Å². The van der Waals surface area contributed by atoms with Crippen LogP contribution in [0.1, 0.15) is 386 Å². The molecule has 0 radical (unpaired) electrons. The zero-order valence-electron chi connectivity index (χ0n) is 50.4. The van der Waals surface area contributed by atoms with Gasteiger partial charge in [0, 0.05) is 12.8 Å². The molecular formula is C68H133NO5. The van der Waals surface area contributed by atoms with Gasteiger partial charge in [-0.1, -0.05) is 334 Å². The number of rotatable bonds is 64. The second-order valence-corrected chi connectivity index (χ2v) is 23.5. The molecule has 0 heterocycles. The molecule has 0 aromatic carbocycles. The molecule has 1 amide bonds. The Kier molecular flexibility index (Phi) is 62.9. The van der Waals surface area contributed by atoms with Crippen LogP contribution < -0.4 is 5.32 Å². The summed E-state index contributed by atoms with van der Waals surface area (Å²) in [4.78, 5) is 24.6. The molecule has 0 rings (SSSR count). The van der Waals surface area contributed by atoms with Crippen molar-refractivity contribution < 1.29 is 24.5 Å². The highest BCUT2D eigenvalue weighted by Gasteiger charge is 2.20. The molecule has 0 saturated heterocycles. The summed E-state index contributed by atoms with van der Waals surface area (Å²) in [6.45, 7) is 4.98. The number of allylic oxidation sites excluding steroid dienone is 2. The summed E-state index contributed by atoms with van der Waals surface area (Å²) in [6.07, 6.45) is 78.1. The van der Waals surface area contributed by atoms with Crippen LogP contribution in [0.15, 0.2) is 12.2 Å². The van der Waals surface area contributed by atoms with Gasteiger partial charge in [0.25, 0.3) is 0 Å². The Bertz CT molecular complexity index is 1110. The van der Waals surface area contributed by atoms with Gasteiger partial charge in [0.15, 0.2) is 0 Å². The Morgan fingerprint density at radius 2 is 0.635 bits per heavy atom.